The van der Waals surface area contributed by atoms with Crippen LogP contribution in [0.3, 0.4) is 0 Å². The van der Waals surface area contributed by atoms with Crippen LogP contribution in [-0.2, 0) is 6.54 Å². The number of hydrogen-bond acceptors (Lipinski definition) is 3. The van der Waals surface area contributed by atoms with Gasteiger partial charge in [0.15, 0.2) is 0 Å². The third-order valence-electron chi connectivity index (χ3n) is 4.00. The number of fused-ring (bicyclic) bond motifs is 1. The first-order valence-electron chi connectivity index (χ1n) is 7.54. The molecule has 1 aromatic heterocycles. The van der Waals surface area contributed by atoms with E-state index < -0.39 is 0 Å². The van der Waals surface area contributed by atoms with Gasteiger partial charge in [-0.15, -0.1) is 0 Å². The van der Waals surface area contributed by atoms with Gasteiger partial charge in [0.2, 0.25) is 0 Å². The maximum Gasteiger partial charge on any atom is 0.253 e. The lowest BCUT2D eigenvalue weighted by atomic mass is 10.1. The Hall–Kier alpha value is -2.75. The van der Waals surface area contributed by atoms with Gasteiger partial charge in [0.25, 0.3) is 5.56 Å². The van der Waals surface area contributed by atoms with Crippen LogP contribution in [0.1, 0.15) is 11.1 Å². The first-order chi connectivity index (χ1) is 11.1. The van der Waals surface area contributed by atoms with E-state index >= 15 is 0 Å². The Morgan fingerprint density at radius 1 is 1.09 bits per heavy atom. The Balaban J connectivity index is 1.90. The average Bonchev–Trinajstić information content (AvgIpc) is 2.56. The molecular formula is C19H20N2O2. The summed E-state index contributed by atoms with van der Waals surface area (Å²) >= 11 is 0. The minimum atomic E-state index is -0.0401. The summed E-state index contributed by atoms with van der Waals surface area (Å²) < 4.78 is 5.17. The number of aromatic nitrogens is 1. The predicted molar refractivity (Wildman–Crippen MR) is 94.4 cm³/mol. The molecule has 0 saturated carbocycles. The Morgan fingerprint density at radius 2 is 1.83 bits per heavy atom. The third kappa shape index (κ3) is 3.21. The van der Waals surface area contributed by atoms with E-state index in [0.29, 0.717) is 6.54 Å². The third-order valence-corrected chi connectivity index (χ3v) is 4.00. The minimum Gasteiger partial charge on any atom is -0.497 e. The van der Waals surface area contributed by atoms with Crippen LogP contribution < -0.4 is 15.2 Å². The molecule has 0 aliphatic carbocycles. The number of H-pyrrole nitrogens is 1. The summed E-state index contributed by atoms with van der Waals surface area (Å²) in [5, 5.41) is 1.06. The summed E-state index contributed by atoms with van der Waals surface area (Å²) in [5.41, 5.74) is 3.80. The monoisotopic (exact) mass is 308 g/mol. The minimum absolute atomic E-state index is 0.0401. The topological polar surface area (TPSA) is 45.3 Å². The number of nitrogens with zero attached hydrogens (tertiary/aromatic N) is 1. The number of hydrogen-bond donors (Lipinski definition) is 1. The summed E-state index contributed by atoms with van der Waals surface area (Å²) in [4.78, 5) is 17.3. The standard InChI is InChI=1S/C19H20N2O2/c1-13-4-9-18-14(10-13)11-15(19(22)20-18)12-21(2)16-5-7-17(23-3)8-6-16/h4-11H,12H2,1-3H3,(H,20,22). The summed E-state index contributed by atoms with van der Waals surface area (Å²) in [7, 11) is 3.62. The van der Waals surface area contributed by atoms with Crippen LogP contribution >= 0.6 is 0 Å². The maximum absolute atomic E-state index is 12.3. The molecule has 0 unspecified atom stereocenters. The molecule has 1 N–H and O–H groups in total. The van der Waals surface area contributed by atoms with Gasteiger partial charge in [0.05, 0.1) is 7.11 Å². The van der Waals surface area contributed by atoms with Crippen LogP contribution in [0.25, 0.3) is 10.9 Å². The van der Waals surface area contributed by atoms with Crippen LogP contribution in [-0.4, -0.2) is 19.1 Å². The second-order valence-corrected chi connectivity index (χ2v) is 5.77. The smallest absolute Gasteiger partial charge is 0.253 e. The highest BCUT2D eigenvalue weighted by molar-refractivity contribution is 5.79. The van der Waals surface area contributed by atoms with E-state index in [4.69, 9.17) is 4.74 Å². The van der Waals surface area contributed by atoms with Crippen molar-refractivity contribution < 1.29 is 4.74 Å². The summed E-state index contributed by atoms with van der Waals surface area (Å²) in [6.45, 7) is 2.60. The van der Waals surface area contributed by atoms with Gasteiger partial charge in [-0.05, 0) is 54.8 Å². The van der Waals surface area contributed by atoms with E-state index in [-0.39, 0.29) is 5.56 Å². The van der Waals surface area contributed by atoms with Gasteiger partial charge in [0.1, 0.15) is 5.75 Å². The van der Waals surface area contributed by atoms with E-state index in [0.717, 1.165) is 27.9 Å². The zero-order valence-electron chi connectivity index (χ0n) is 13.6. The number of ether oxygens (including phenoxy) is 1. The van der Waals surface area contributed by atoms with Crippen molar-refractivity contribution in [2.24, 2.45) is 0 Å². The fraction of sp³-hybridized carbons (Fsp3) is 0.211. The number of aryl methyl sites for hydroxylation is 1. The predicted octanol–water partition coefficient (Wildman–Crippen LogP) is 3.48. The van der Waals surface area contributed by atoms with E-state index in [1.165, 1.54) is 5.56 Å². The zero-order chi connectivity index (χ0) is 16.4. The van der Waals surface area contributed by atoms with E-state index in [9.17, 15) is 4.79 Å². The molecular weight excluding hydrogens is 288 g/mol. The fourth-order valence-electron chi connectivity index (χ4n) is 2.67. The van der Waals surface area contributed by atoms with Crippen molar-refractivity contribution in [3.63, 3.8) is 0 Å². The number of rotatable bonds is 4. The van der Waals surface area contributed by atoms with Crippen molar-refractivity contribution >= 4 is 16.6 Å². The highest BCUT2D eigenvalue weighted by Gasteiger charge is 2.08. The largest absolute Gasteiger partial charge is 0.497 e. The lowest BCUT2D eigenvalue weighted by Gasteiger charge is -2.19. The van der Waals surface area contributed by atoms with Crippen molar-refractivity contribution in [3.05, 3.63) is 70.0 Å². The molecule has 0 amide bonds. The number of aromatic amines is 1. The molecule has 0 aliphatic rings. The Kier molecular flexibility index (Phi) is 4.06. The molecule has 0 aliphatic heterocycles. The van der Waals surface area contributed by atoms with Gasteiger partial charge >= 0.3 is 0 Å². The first kappa shape index (κ1) is 15.2. The SMILES string of the molecule is COc1ccc(N(C)Cc2cc3cc(C)ccc3[nH]c2=O)cc1. The summed E-state index contributed by atoms with van der Waals surface area (Å²) in [5.74, 6) is 0.821. The molecule has 0 spiro atoms. The van der Waals surface area contributed by atoms with Crippen molar-refractivity contribution in [1.29, 1.82) is 0 Å². The second kappa shape index (κ2) is 6.16. The lowest BCUT2D eigenvalue weighted by molar-refractivity contribution is 0.415. The zero-order valence-corrected chi connectivity index (χ0v) is 13.6. The number of methoxy groups -OCH3 is 1. The van der Waals surface area contributed by atoms with Crippen LogP contribution in [0.2, 0.25) is 0 Å². The van der Waals surface area contributed by atoms with Crippen LogP contribution in [0, 0.1) is 6.92 Å². The summed E-state index contributed by atoms with van der Waals surface area (Å²) in [6.07, 6.45) is 0. The summed E-state index contributed by atoms with van der Waals surface area (Å²) in [6, 6.07) is 15.8. The first-order valence-corrected chi connectivity index (χ1v) is 7.54. The average molecular weight is 308 g/mol. The van der Waals surface area contributed by atoms with Gasteiger partial charge < -0.3 is 14.6 Å². The van der Waals surface area contributed by atoms with Crippen LogP contribution in [0.4, 0.5) is 5.69 Å². The molecule has 0 fully saturated rings. The highest BCUT2D eigenvalue weighted by Crippen LogP contribution is 2.20. The molecule has 2 aromatic carbocycles. The number of pyridine rings is 1. The molecule has 0 radical (unpaired) electrons. The van der Waals surface area contributed by atoms with E-state index in [2.05, 4.69) is 11.1 Å². The van der Waals surface area contributed by atoms with Gasteiger partial charge in [-0.3, -0.25) is 4.79 Å². The Morgan fingerprint density at radius 3 is 2.52 bits per heavy atom. The Labute approximate surface area is 135 Å². The van der Waals surface area contributed by atoms with Gasteiger partial charge in [-0.2, -0.15) is 0 Å². The molecule has 0 atom stereocenters. The quantitative estimate of drug-likeness (QED) is 0.802. The molecule has 0 bridgehead atoms. The van der Waals surface area contributed by atoms with Crippen molar-refractivity contribution in [2.45, 2.75) is 13.5 Å². The number of benzene rings is 2. The molecule has 3 rings (SSSR count). The molecule has 23 heavy (non-hydrogen) atoms. The van der Waals surface area contributed by atoms with E-state index in [1.54, 1.807) is 7.11 Å². The van der Waals surface area contributed by atoms with Gasteiger partial charge in [0, 0.05) is 30.4 Å². The number of nitrogens with one attached hydrogen (secondary N) is 1. The van der Waals surface area contributed by atoms with Crippen molar-refractivity contribution in [1.82, 2.24) is 4.98 Å². The second-order valence-electron chi connectivity index (χ2n) is 5.77. The van der Waals surface area contributed by atoms with Gasteiger partial charge in [-0.1, -0.05) is 11.6 Å². The molecule has 4 heteroatoms. The highest BCUT2D eigenvalue weighted by atomic mass is 16.5. The van der Waals surface area contributed by atoms with E-state index in [1.807, 2.05) is 61.3 Å². The molecule has 4 nitrogen and oxygen atoms in total. The normalized spacial score (nSPS) is 10.7. The van der Waals surface area contributed by atoms with Crippen molar-refractivity contribution in [3.8, 4) is 5.75 Å². The maximum atomic E-state index is 12.3. The van der Waals surface area contributed by atoms with Crippen LogP contribution in [0.5, 0.6) is 5.75 Å². The molecule has 0 saturated heterocycles. The lowest BCUT2D eigenvalue weighted by Crippen LogP contribution is -2.23. The van der Waals surface area contributed by atoms with Gasteiger partial charge in [-0.25, -0.2) is 0 Å². The Bertz CT molecular complexity index is 882. The molecule has 118 valence electrons. The fourth-order valence-corrected chi connectivity index (χ4v) is 2.67. The molecule has 3 aromatic rings. The number of anilines is 1. The van der Waals surface area contributed by atoms with Crippen LogP contribution in [0.15, 0.2) is 53.3 Å². The molecule has 1 heterocycles. The van der Waals surface area contributed by atoms with Crippen molar-refractivity contribution in [2.75, 3.05) is 19.1 Å².